The maximum absolute atomic E-state index is 13.2. The number of piperazine rings is 1. The second-order valence-corrected chi connectivity index (χ2v) is 11.9. The van der Waals surface area contributed by atoms with Crippen molar-refractivity contribution in [1.29, 1.82) is 0 Å². The zero-order valence-corrected chi connectivity index (χ0v) is 23.4. The Hall–Kier alpha value is -1.62. The third kappa shape index (κ3) is 5.87. The van der Waals surface area contributed by atoms with Gasteiger partial charge in [-0.1, -0.05) is 23.5 Å². The minimum Gasteiger partial charge on any atom is -0.338 e. The summed E-state index contributed by atoms with van der Waals surface area (Å²) < 4.78 is 0. The van der Waals surface area contributed by atoms with Gasteiger partial charge in [0.25, 0.3) is 5.91 Å². The quantitative estimate of drug-likeness (QED) is 0.402. The standard InChI is InChI=1S/C28H44N5OP/c1-20-18-32(16-17-33(20)25-11-7-10-24(25)9-6-8-21(2)35)28(5)12-14-31(15-13-28)27(34)26-22(3)29-19-30-23(26)4/h10,19-20,25H,2,6-9,11-18,35H2,1,3-5H3/t20-,25?/m0/s1. The van der Waals surface area contributed by atoms with E-state index >= 15 is 0 Å². The second kappa shape index (κ2) is 11.2. The predicted molar refractivity (Wildman–Crippen MR) is 147 cm³/mol. The first kappa shape index (κ1) is 26.4. The number of carbonyl (C=O) groups is 1. The molecule has 0 aromatic carbocycles. The van der Waals surface area contributed by atoms with Crippen LogP contribution in [0, 0.1) is 13.8 Å². The third-order valence-corrected chi connectivity index (χ3v) is 8.94. The summed E-state index contributed by atoms with van der Waals surface area (Å²) in [5.74, 6) is 0.0895. The van der Waals surface area contributed by atoms with Crippen molar-refractivity contribution in [3.63, 3.8) is 0 Å². The van der Waals surface area contributed by atoms with Gasteiger partial charge >= 0.3 is 0 Å². The highest BCUT2D eigenvalue weighted by molar-refractivity contribution is 7.22. The fraction of sp³-hybridized carbons (Fsp3) is 0.679. The normalized spacial score (nSPS) is 25.5. The molecule has 192 valence electrons. The predicted octanol–water partition coefficient (Wildman–Crippen LogP) is 4.74. The van der Waals surface area contributed by atoms with Crippen LogP contribution >= 0.6 is 9.24 Å². The SMILES string of the molecule is C=C(P)CCCC1=CCCC1N1CCN(C2(C)CCN(C(=O)c3c(C)ncnc3C)CC2)C[C@@H]1C. The van der Waals surface area contributed by atoms with Crippen LogP contribution < -0.4 is 0 Å². The molecule has 1 aliphatic carbocycles. The van der Waals surface area contributed by atoms with Crippen LogP contribution in [0.2, 0.25) is 0 Å². The highest BCUT2D eigenvalue weighted by Crippen LogP contribution is 2.35. The molecule has 0 bridgehead atoms. The lowest BCUT2D eigenvalue weighted by Gasteiger charge is -2.52. The molecular weight excluding hydrogens is 453 g/mol. The van der Waals surface area contributed by atoms with Crippen LogP contribution in [0.4, 0.5) is 0 Å². The van der Waals surface area contributed by atoms with Gasteiger partial charge in [-0.3, -0.25) is 14.6 Å². The Morgan fingerprint density at radius 3 is 2.49 bits per heavy atom. The zero-order valence-electron chi connectivity index (χ0n) is 22.2. The van der Waals surface area contributed by atoms with Gasteiger partial charge in [0.15, 0.2) is 0 Å². The van der Waals surface area contributed by atoms with E-state index in [1.807, 2.05) is 18.7 Å². The van der Waals surface area contributed by atoms with Crippen molar-refractivity contribution >= 4 is 15.1 Å². The summed E-state index contributed by atoms with van der Waals surface area (Å²) in [5.41, 5.74) is 4.05. The Balaban J connectivity index is 1.32. The van der Waals surface area contributed by atoms with Gasteiger partial charge in [-0.2, -0.15) is 0 Å². The fourth-order valence-corrected chi connectivity index (χ4v) is 6.61. The van der Waals surface area contributed by atoms with E-state index in [-0.39, 0.29) is 11.4 Å². The van der Waals surface area contributed by atoms with Crippen molar-refractivity contribution in [1.82, 2.24) is 24.7 Å². The number of hydrogen-bond acceptors (Lipinski definition) is 5. The lowest BCUT2D eigenvalue weighted by atomic mass is 9.86. The zero-order chi connectivity index (χ0) is 25.2. The summed E-state index contributed by atoms with van der Waals surface area (Å²) >= 11 is 0. The number of likely N-dealkylation sites (tertiary alicyclic amines) is 1. The Morgan fingerprint density at radius 1 is 1.17 bits per heavy atom. The average Bonchev–Trinajstić information content (AvgIpc) is 3.27. The van der Waals surface area contributed by atoms with Gasteiger partial charge in [-0.15, -0.1) is 9.24 Å². The summed E-state index contributed by atoms with van der Waals surface area (Å²) in [6.07, 6.45) is 12.1. The number of aromatic nitrogens is 2. The lowest BCUT2D eigenvalue weighted by Crippen LogP contribution is -2.63. The van der Waals surface area contributed by atoms with Crippen molar-refractivity contribution in [2.24, 2.45) is 0 Å². The first-order chi connectivity index (χ1) is 16.7. The number of nitrogens with zero attached hydrogens (tertiary/aromatic N) is 5. The number of hydrogen-bond donors (Lipinski definition) is 0. The van der Waals surface area contributed by atoms with Crippen molar-refractivity contribution in [2.45, 2.75) is 90.3 Å². The van der Waals surface area contributed by atoms with Crippen LogP contribution in [0.1, 0.15) is 80.5 Å². The summed E-state index contributed by atoms with van der Waals surface area (Å²) in [6.45, 7) is 17.6. The Kier molecular flexibility index (Phi) is 8.45. The summed E-state index contributed by atoms with van der Waals surface area (Å²) in [5, 5.41) is 1.21. The van der Waals surface area contributed by atoms with Crippen LogP contribution in [-0.2, 0) is 0 Å². The summed E-state index contributed by atoms with van der Waals surface area (Å²) in [7, 11) is 2.75. The highest BCUT2D eigenvalue weighted by atomic mass is 31.0. The first-order valence-corrected chi connectivity index (χ1v) is 14.0. The van der Waals surface area contributed by atoms with Gasteiger partial charge in [0.05, 0.1) is 17.0 Å². The van der Waals surface area contributed by atoms with Gasteiger partial charge in [0.2, 0.25) is 0 Å². The molecule has 6 nitrogen and oxygen atoms in total. The number of amides is 1. The third-order valence-electron chi connectivity index (χ3n) is 8.65. The first-order valence-electron chi connectivity index (χ1n) is 13.4. The largest absolute Gasteiger partial charge is 0.338 e. The fourth-order valence-electron chi connectivity index (χ4n) is 6.41. The molecule has 1 amide bonds. The molecule has 0 saturated carbocycles. The van der Waals surface area contributed by atoms with E-state index in [1.54, 1.807) is 11.9 Å². The van der Waals surface area contributed by atoms with E-state index in [0.29, 0.717) is 17.6 Å². The molecule has 1 aromatic heterocycles. The Labute approximate surface area is 214 Å². The van der Waals surface area contributed by atoms with Gasteiger partial charge in [-0.05, 0) is 72.6 Å². The average molecular weight is 498 g/mol. The minimum atomic E-state index is 0.0895. The van der Waals surface area contributed by atoms with E-state index < -0.39 is 0 Å². The van der Waals surface area contributed by atoms with Crippen LogP contribution in [0.3, 0.4) is 0 Å². The molecule has 2 unspecified atom stereocenters. The molecule has 1 aromatic rings. The maximum Gasteiger partial charge on any atom is 0.257 e. The van der Waals surface area contributed by atoms with Gasteiger partial charge in [0, 0.05) is 50.3 Å². The maximum atomic E-state index is 13.2. The van der Waals surface area contributed by atoms with Crippen molar-refractivity contribution in [2.75, 3.05) is 32.7 Å². The van der Waals surface area contributed by atoms with Crippen molar-refractivity contribution in [3.05, 3.63) is 46.8 Å². The van der Waals surface area contributed by atoms with E-state index in [1.165, 1.54) is 31.0 Å². The highest BCUT2D eigenvalue weighted by Gasteiger charge is 2.41. The van der Waals surface area contributed by atoms with Gasteiger partial charge in [-0.25, -0.2) is 9.97 Å². The number of allylic oxidation sites excluding steroid dienone is 2. The number of aryl methyl sites for hydroxylation is 2. The van der Waals surface area contributed by atoms with Crippen LogP contribution in [0.25, 0.3) is 0 Å². The van der Waals surface area contributed by atoms with Crippen LogP contribution in [0.5, 0.6) is 0 Å². The summed E-state index contributed by atoms with van der Waals surface area (Å²) in [4.78, 5) is 29.2. The van der Waals surface area contributed by atoms with E-state index in [0.717, 1.165) is 63.4 Å². The van der Waals surface area contributed by atoms with E-state index in [4.69, 9.17) is 0 Å². The van der Waals surface area contributed by atoms with Crippen LogP contribution in [0.15, 0.2) is 29.9 Å². The minimum absolute atomic E-state index is 0.0895. The van der Waals surface area contributed by atoms with Crippen molar-refractivity contribution < 1.29 is 4.79 Å². The summed E-state index contributed by atoms with van der Waals surface area (Å²) in [6, 6.07) is 1.17. The molecule has 7 heteroatoms. The van der Waals surface area contributed by atoms with Gasteiger partial charge < -0.3 is 4.90 Å². The molecule has 2 fully saturated rings. The number of piperidine rings is 1. The van der Waals surface area contributed by atoms with E-state index in [9.17, 15) is 4.79 Å². The molecule has 3 atom stereocenters. The monoisotopic (exact) mass is 497 g/mol. The van der Waals surface area contributed by atoms with E-state index in [2.05, 4.69) is 55.5 Å². The smallest absolute Gasteiger partial charge is 0.257 e. The topological polar surface area (TPSA) is 52.6 Å². The Morgan fingerprint density at radius 2 is 1.86 bits per heavy atom. The van der Waals surface area contributed by atoms with Crippen LogP contribution in [-0.4, -0.2) is 80.9 Å². The van der Waals surface area contributed by atoms with Crippen molar-refractivity contribution in [3.8, 4) is 0 Å². The molecule has 2 saturated heterocycles. The number of carbonyl (C=O) groups excluding carboxylic acids is 1. The molecule has 3 heterocycles. The second-order valence-electron chi connectivity index (χ2n) is 11.1. The molecule has 35 heavy (non-hydrogen) atoms. The molecule has 3 aliphatic rings. The molecule has 0 radical (unpaired) electrons. The molecular formula is C28H44N5OP. The molecule has 2 aliphatic heterocycles. The molecule has 0 N–H and O–H groups in total. The molecule has 4 rings (SSSR count). The lowest BCUT2D eigenvalue weighted by molar-refractivity contribution is -0.0254. The number of rotatable bonds is 7. The Bertz CT molecular complexity index is 948. The van der Waals surface area contributed by atoms with Gasteiger partial charge in [0.1, 0.15) is 6.33 Å². The molecule has 0 spiro atoms.